The summed E-state index contributed by atoms with van der Waals surface area (Å²) in [7, 11) is 1.60. The lowest BCUT2D eigenvalue weighted by Crippen LogP contribution is -2.23. The molecule has 1 aliphatic rings. The normalized spacial score (nSPS) is 16.2. The third kappa shape index (κ3) is 2.24. The molecule has 0 unspecified atom stereocenters. The van der Waals surface area contributed by atoms with Crippen LogP contribution in [0.25, 0.3) is 0 Å². The number of amides is 1. The number of carbonyl (C=O) groups is 1. The van der Waals surface area contributed by atoms with Crippen molar-refractivity contribution in [2.75, 3.05) is 19.0 Å². The number of hydrogen-bond donors (Lipinski definition) is 2. The van der Waals surface area contributed by atoms with Crippen molar-refractivity contribution in [3.05, 3.63) is 22.2 Å². The third-order valence-corrected chi connectivity index (χ3v) is 4.07. The Morgan fingerprint density at radius 2 is 2.22 bits per heavy atom. The SMILES string of the molecule is COc1ccc(Br)c(C2(CN)CC2)c1NC(C)=O. The van der Waals surface area contributed by atoms with Gasteiger partial charge in [-0.25, -0.2) is 0 Å². The van der Waals surface area contributed by atoms with Crippen molar-refractivity contribution in [1.82, 2.24) is 0 Å². The first-order valence-corrected chi connectivity index (χ1v) is 6.68. The van der Waals surface area contributed by atoms with Crippen molar-refractivity contribution < 1.29 is 9.53 Å². The van der Waals surface area contributed by atoms with Gasteiger partial charge in [-0.05, 0) is 25.0 Å². The topological polar surface area (TPSA) is 64.3 Å². The van der Waals surface area contributed by atoms with E-state index in [0.29, 0.717) is 12.3 Å². The quantitative estimate of drug-likeness (QED) is 0.897. The average molecular weight is 313 g/mol. The van der Waals surface area contributed by atoms with Crippen LogP contribution in [0, 0.1) is 0 Å². The smallest absolute Gasteiger partial charge is 0.221 e. The van der Waals surface area contributed by atoms with Crippen LogP contribution in [0.3, 0.4) is 0 Å². The minimum absolute atomic E-state index is 0.0227. The van der Waals surface area contributed by atoms with Gasteiger partial charge in [0.15, 0.2) is 0 Å². The maximum absolute atomic E-state index is 11.4. The lowest BCUT2D eigenvalue weighted by molar-refractivity contribution is -0.114. The van der Waals surface area contributed by atoms with Gasteiger partial charge in [0, 0.05) is 28.9 Å². The van der Waals surface area contributed by atoms with Gasteiger partial charge < -0.3 is 15.8 Å². The molecule has 0 atom stereocenters. The molecule has 0 spiro atoms. The van der Waals surface area contributed by atoms with Crippen LogP contribution in [0.5, 0.6) is 5.75 Å². The fourth-order valence-corrected chi connectivity index (χ4v) is 3.00. The Balaban J connectivity index is 2.57. The number of halogens is 1. The zero-order valence-corrected chi connectivity index (χ0v) is 12.1. The fraction of sp³-hybridized carbons (Fsp3) is 0.462. The van der Waals surface area contributed by atoms with Gasteiger partial charge in [0.2, 0.25) is 5.91 Å². The molecule has 1 amide bonds. The zero-order chi connectivity index (χ0) is 13.3. The molecule has 2 rings (SSSR count). The van der Waals surface area contributed by atoms with E-state index < -0.39 is 0 Å². The second-order valence-electron chi connectivity index (χ2n) is 4.67. The molecule has 4 nitrogen and oxygen atoms in total. The molecule has 5 heteroatoms. The lowest BCUT2D eigenvalue weighted by Gasteiger charge is -2.22. The summed E-state index contributed by atoms with van der Waals surface area (Å²) < 4.78 is 6.30. The Morgan fingerprint density at radius 1 is 1.56 bits per heavy atom. The Labute approximate surface area is 115 Å². The summed E-state index contributed by atoms with van der Waals surface area (Å²) in [5.74, 6) is 0.559. The van der Waals surface area contributed by atoms with E-state index in [1.807, 2.05) is 12.1 Å². The van der Waals surface area contributed by atoms with Crippen LogP contribution in [-0.2, 0) is 10.2 Å². The maximum atomic E-state index is 11.4. The van der Waals surface area contributed by atoms with Gasteiger partial charge in [-0.3, -0.25) is 4.79 Å². The zero-order valence-electron chi connectivity index (χ0n) is 10.5. The highest BCUT2D eigenvalue weighted by molar-refractivity contribution is 9.10. The van der Waals surface area contributed by atoms with Gasteiger partial charge in [0.25, 0.3) is 0 Å². The number of nitrogens with one attached hydrogen (secondary N) is 1. The van der Waals surface area contributed by atoms with Gasteiger partial charge in [-0.1, -0.05) is 15.9 Å². The number of hydrogen-bond acceptors (Lipinski definition) is 3. The molecule has 98 valence electrons. The van der Waals surface area contributed by atoms with Crippen molar-refractivity contribution in [3.8, 4) is 5.75 Å². The Hall–Kier alpha value is -1.07. The second kappa shape index (κ2) is 4.90. The molecule has 0 radical (unpaired) electrons. The molecular formula is C13H17BrN2O2. The second-order valence-corrected chi connectivity index (χ2v) is 5.52. The van der Waals surface area contributed by atoms with Crippen LogP contribution in [0.4, 0.5) is 5.69 Å². The first-order valence-electron chi connectivity index (χ1n) is 5.89. The molecule has 18 heavy (non-hydrogen) atoms. The summed E-state index contributed by atoms with van der Waals surface area (Å²) in [6, 6.07) is 3.78. The van der Waals surface area contributed by atoms with Gasteiger partial charge in [-0.2, -0.15) is 0 Å². The monoisotopic (exact) mass is 312 g/mol. The molecule has 0 aromatic heterocycles. The van der Waals surface area contributed by atoms with E-state index in [1.165, 1.54) is 6.92 Å². The van der Waals surface area contributed by atoms with Crippen molar-refractivity contribution in [1.29, 1.82) is 0 Å². The van der Waals surface area contributed by atoms with Crippen molar-refractivity contribution in [2.45, 2.75) is 25.2 Å². The minimum atomic E-state index is -0.111. The van der Waals surface area contributed by atoms with E-state index in [1.54, 1.807) is 7.11 Å². The number of methoxy groups -OCH3 is 1. The molecule has 0 bridgehead atoms. The Bertz CT molecular complexity index is 484. The van der Waals surface area contributed by atoms with Crippen LogP contribution in [0.2, 0.25) is 0 Å². The van der Waals surface area contributed by atoms with Crippen LogP contribution in [-0.4, -0.2) is 19.6 Å². The Morgan fingerprint density at radius 3 is 2.67 bits per heavy atom. The van der Waals surface area contributed by atoms with Gasteiger partial charge in [-0.15, -0.1) is 0 Å². The van der Waals surface area contributed by atoms with E-state index in [9.17, 15) is 4.79 Å². The molecule has 1 fully saturated rings. The molecule has 1 aromatic carbocycles. The predicted molar refractivity (Wildman–Crippen MR) is 75.0 cm³/mol. The largest absolute Gasteiger partial charge is 0.495 e. The van der Waals surface area contributed by atoms with Gasteiger partial charge >= 0.3 is 0 Å². The predicted octanol–water partition coefficient (Wildman–Crippen LogP) is 2.41. The van der Waals surface area contributed by atoms with Crippen molar-refractivity contribution >= 4 is 27.5 Å². The average Bonchev–Trinajstić information content (AvgIpc) is 3.10. The summed E-state index contributed by atoms with van der Waals surface area (Å²) in [6.07, 6.45) is 2.09. The van der Waals surface area contributed by atoms with Crippen molar-refractivity contribution in [3.63, 3.8) is 0 Å². The molecular weight excluding hydrogens is 296 g/mol. The van der Waals surface area contributed by atoms with Crippen LogP contribution in [0.15, 0.2) is 16.6 Å². The molecule has 3 N–H and O–H groups in total. The number of carbonyl (C=O) groups excluding carboxylic acids is 1. The summed E-state index contributed by atoms with van der Waals surface area (Å²) in [4.78, 5) is 11.4. The molecule has 0 heterocycles. The summed E-state index contributed by atoms with van der Waals surface area (Å²) in [5, 5.41) is 2.86. The lowest BCUT2D eigenvalue weighted by atomic mass is 9.93. The Kier molecular flexibility index (Phi) is 3.64. The molecule has 0 aliphatic heterocycles. The van der Waals surface area contributed by atoms with Crippen molar-refractivity contribution in [2.24, 2.45) is 5.73 Å². The highest BCUT2D eigenvalue weighted by Gasteiger charge is 2.46. The maximum Gasteiger partial charge on any atom is 0.221 e. The first-order chi connectivity index (χ1) is 8.54. The van der Waals surface area contributed by atoms with Gasteiger partial charge in [0.1, 0.15) is 5.75 Å². The van der Waals surface area contributed by atoms with E-state index in [0.717, 1.165) is 28.6 Å². The van der Waals surface area contributed by atoms with Crippen LogP contribution >= 0.6 is 15.9 Å². The number of benzene rings is 1. The highest BCUT2D eigenvalue weighted by atomic mass is 79.9. The summed E-state index contributed by atoms with van der Waals surface area (Å²) in [5.41, 5.74) is 7.66. The number of rotatable bonds is 4. The first kappa shape index (κ1) is 13.4. The molecule has 1 saturated carbocycles. The number of ether oxygens (including phenoxy) is 1. The standard InChI is InChI=1S/C13H17BrN2O2/c1-8(17)16-12-10(18-2)4-3-9(14)11(12)13(7-15)5-6-13/h3-4H,5-7,15H2,1-2H3,(H,16,17). The molecule has 1 aliphatic carbocycles. The van der Waals surface area contributed by atoms with E-state index in [2.05, 4.69) is 21.2 Å². The van der Waals surface area contributed by atoms with E-state index in [-0.39, 0.29) is 11.3 Å². The minimum Gasteiger partial charge on any atom is -0.495 e. The number of nitrogens with two attached hydrogens (primary N) is 1. The highest BCUT2D eigenvalue weighted by Crippen LogP contribution is 2.54. The van der Waals surface area contributed by atoms with Crippen LogP contribution < -0.4 is 15.8 Å². The number of anilines is 1. The molecule has 1 aromatic rings. The van der Waals surface area contributed by atoms with E-state index >= 15 is 0 Å². The van der Waals surface area contributed by atoms with Crippen LogP contribution in [0.1, 0.15) is 25.3 Å². The third-order valence-electron chi connectivity index (χ3n) is 3.41. The fourth-order valence-electron chi connectivity index (χ4n) is 2.25. The summed E-state index contributed by atoms with van der Waals surface area (Å²) >= 11 is 3.55. The summed E-state index contributed by atoms with van der Waals surface area (Å²) in [6.45, 7) is 2.07. The van der Waals surface area contributed by atoms with E-state index in [4.69, 9.17) is 10.5 Å². The van der Waals surface area contributed by atoms with Gasteiger partial charge in [0.05, 0.1) is 12.8 Å². The molecule has 0 saturated heterocycles.